The van der Waals surface area contributed by atoms with E-state index in [9.17, 15) is 0 Å². The number of hydrogen-bond acceptors (Lipinski definition) is 3. The normalized spacial score (nSPS) is 12.6. The molecular formula is C15H20Br2N4. The van der Waals surface area contributed by atoms with Crippen molar-refractivity contribution in [3.8, 4) is 0 Å². The number of aromatic nitrogens is 2. The molecule has 3 N–H and O–H groups in total. The number of halogens is 2. The van der Waals surface area contributed by atoms with Crippen LogP contribution in [0.25, 0.3) is 0 Å². The Kier molecular flexibility index (Phi) is 5.98. The second-order valence-corrected chi connectivity index (χ2v) is 6.70. The molecule has 1 atom stereocenters. The maximum Gasteiger partial charge on any atom is 0.0766 e. The summed E-state index contributed by atoms with van der Waals surface area (Å²) in [5.41, 5.74) is 6.43. The molecule has 1 unspecified atom stereocenters. The van der Waals surface area contributed by atoms with E-state index < -0.39 is 0 Å². The van der Waals surface area contributed by atoms with Crippen LogP contribution in [-0.4, -0.2) is 15.8 Å². The Morgan fingerprint density at radius 2 is 2.00 bits per heavy atom. The summed E-state index contributed by atoms with van der Waals surface area (Å²) in [4.78, 5) is 0. The first kappa shape index (κ1) is 16.7. The molecule has 4 nitrogen and oxygen atoms in total. The quantitative estimate of drug-likeness (QED) is 0.562. The van der Waals surface area contributed by atoms with E-state index in [-0.39, 0.29) is 6.04 Å². The summed E-state index contributed by atoms with van der Waals surface area (Å²) >= 11 is 7.25. The summed E-state index contributed by atoms with van der Waals surface area (Å²) in [6.07, 6.45) is 2.60. The van der Waals surface area contributed by atoms with Gasteiger partial charge in [-0.15, -0.1) is 0 Å². The zero-order valence-electron chi connectivity index (χ0n) is 12.2. The minimum atomic E-state index is 0.153. The summed E-state index contributed by atoms with van der Waals surface area (Å²) in [6, 6.07) is 8.38. The molecule has 6 heteroatoms. The third-order valence-corrected chi connectivity index (χ3v) is 5.29. The van der Waals surface area contributed by atoms with Crippen LogP contribution >= 0.6 is 31.9 Å². The third kappa shape index (κ3) is 3.94. The van der Waals surface area contributed by atoms with Gasteiger partial charge in [0.05, 0.1) is 15.9 Å². The molecule has 2 rings (SSSR count). The first-order valence-electron chi connectivity index (χ1n) is 6.96. The van der Waals surface area contributed by atoms with Gasteiger partial charge in [-0.3, -0.25) is 16.0 Å². The van der Waals surface area contributed by atoms with Crippen molar-refractivity contribution in [2.75, 3.05) is 0 Å². The lowest BCUT2D eigenvalue weighted by molar-refractivity contribution is 0.503. The molecular weight excluding hydrogens is 396 g/mol. The minimum Gasteiger partial charge on any atom is -0.271 e. The van der Waals surface area contributed by atoms with Gasteiger partial charge in [0.1, 0.15) is 0 Å². The van der Waals surface area contributed by atoms with Crippen LogP contribution in [0.4, 0.5) is 0 Å². The Balaban J connectivity index is 2.16. The first-order chi connectivity index (χ1) is 10.1. The van der Waals surface area contributed by atoms with Gasteiger partial charge in [-0.25, -0.2) is 0 Å². The van der Waals surface area contributed by atoms with E-state index in [2.05, 4.69) is 61.4 Å². The molecule has 0 fully saturated rings. The van der Waals surface area contributed by atoms with E-state index in [1.165, 1.54) is 11.3 Å². The molecule has 21 heavy (non-hydrogen) atoms. The molecule has 0 aliphatic rings. The van der Waals surface area contributed by atoms with Crippen molar-refractivity contribution in [1.29, 1.82) is 0 Å². The Hall–Kier alpha value is -0.690. The highest BCUT2D eigenvalue weighted by molar-refractivity contribution is 9.10. The predicted molar refractivity (Wildman–Crippen MR) is 92.9 cm³/mol. The maximum atomic E-state index is 5.75. The van der Waals surface area contributed by atoms with Crippen molar-refractivity contribution in [3.05, 3.63) is 50.2 Å². The third-order valence-electron chi connectivity index (χ3n) is 3.60. The maximum absolute atomic E-state index is 5.75. The van der Waals surface area contributed by atoms with Gasteiger partial charge in [0.15, 0.2) is 0 Å². The van der Waals surface area contributed by atoms with Gasteiger partial charge in [-0.1, -0.05) is 41.1 Å². The van der Waals surface area contributed by atoms with Crippen LogP contribution < -0.4 is 11.3 Å². The summed E-state index contributed by atoms with van der Waals surface area (Å²) in [7, 11) is 1.98. The van der Waals surface area contributed by atoms with Crippen LogP contribution in [0.5, 0.6) is 0 Å². The molecule has 0 saturated heterocycles. The summed E-state index contributed by atoms with van der Waals surface area (Å²) in [5, 5.41) is 4.53. The lowest BCUT2D eigenvalue weighted by Gasteiger charge is -2.17. The van der Waals surface area contributed by atoms with Crippen molar-refractivity contribution >= 4 is 31.9 Å². The van der Waals surface area contributed by atoms with Crippen molar-refractivity contribution in [1.82, 2.24) is 15.2 Å². The van der Waals surface area contributed by atoms with Crippen LogP contribution in [0.15, 0.2) is 33.2 Å². The summed E-state index contributed by atoms with van der Waals surface area (Å²) in [5.74, 6) is 5.75. The first-order valence-corrected chi connectivity index (χ1v) is 8.55. The van der Waals surface area contributed by atoms with E-state index in [1.807, 2.05) is 23.9 Å². The van der Waals surface area contributed by atoms with Gasteiger partial charge in [-0.2, -0.15) is 5.10 Å². The lowest BCUT2D eigenvalue weighted by atomic mass is 10.0. The number of nitrogens with one attached hydrogen (secondary N) is 1. The van der Waals surface area contributed by atoms with E-state index >= 15 is 0 Å². The van der Waals surface area contributed by atoms with E-state index in [4.69, 9.17) is 5.84 Å². The van der Waals surface area contributed by atoms with Crippen LogP contribution in [0, 0.1) is 0 Å². The van der Waals surface area contributed by atoms with E-state index in [0.29, 0.717) is 0 Å². The molecule has 0 aliphatic heterocycles. The van der Waals surface area contributed by atoms with Crippen molar-refractivity contribution in [2.45, 2.75) is 32.2 Å². The topological polar surface area (TPSA) is 55.9 Å². The second kappa shape index (κ2) is 7.54. The Morgan fingerprint density at radius 1 is 1.29 bits per heavy atom. The number of nitrogens with zero attached hydrogens (tertiary/aromatic N) is 2. The zero-order valence-corrected chi connectivity index (χ0v) is 15.4. The van der Waals surface area contributed by atoms with Gasteiger partial charge in [-0.05, 0) is 40.4 Å². The predicted octanol–water partition coefficient (Wildman–Crippen LogP) is 3.12. The second-order valence-electron chi connectivity index (χ2n) is 5.05. The molecule has 1 aromatic heterocycles. The SMILES string of the molecule is CCc1nn(C)c(CC(Cc2ccccc2Br)NN)c1Br. The lowest BCUT2D eigenvalue weighted by Crippen LogP contribution is -2.39. The highest BCUT2D eigenvalue weighted by atomic mass is 79.9. The summed E-state index contributed by atoms with van der Waals surface area (Å²) in [6.45, 7) is 2.11. The van der Waals surface area contributed by atoms with Crippen molar-refractivity contribution < 1.29 is 0 Å². The Bertz CT molecular complexity index is 610. The number of rotatable bonds is 6. The largest absolute Gasteiger partial charge is 0.271 e. The van der Waals surface area contributed by atoms with Crippen LogP contribution in [0.2, 0.25) is 0 Å². The van der Waals surface area contributed by atoms with Gasteiger partial charge in [0.2, 0.25) is 0 Å². The van der Waals surface area contributed by atoms with E-state index in [1.54, 1.807) is 0 Å². The molecule has 0 amide bonds. The molecule has 1 aromatic carbocycles. The molecule has 2 aromatic rings. The molecule has 114 valence electrons. The molecule has 0 radical (unpaired) electrons. The fourth-order valence-corrected chi connectivity index (χ4v) is 3.62. The fourth-order valence-electron chi connectivity index (χ4n) is 2.39. The minimum absolute atomic E-state index is 0.153. The zero-order chi connectivity index (χ0) is 15.4. The monoisotopic (exact) mass is 414 g/mol. The van der Waals surface area contributed by atoms with Gasteiger partial charge >= 0.3 is 0 Å². The van der Waals surface area contributed by atoms with Gasteiger partial charge in [0, 0.05) is 24.0 Å². The van der Waals surface area contributed by atoms with Crippen LogP contribution in [0.3, 0.4) is 0 Å². The van der Waals surface area contributed by atoms with Gasteiger partial charge in [0.25, 0.3) is 0 Å². The molecule has 0 saturated carbocycles. The number of benzene rings is 1. The molecule has 0 aliphatic carbocycles. The van der Waals surface area contributed by atoms with Crippen LogP contribution in [0.1, 0.15) is 23.9 Å². The molecule has 0 spiro atoms. The average Bonchev–Trinajstić information content (AvgIpc) is 2.75. The highest BCUT2D eigenvalue weighted by Gasteiger charge is 2.18. The van der Waals surface area contributed by atoms with E-state index in [0.717, 1.165) is 33.9 Å². The number of hydrazine groups is 1. The van der Waals surface area contributed by atoms with Crippen LogP contribution in [-0.2, 0) is 26.3 Å². The Morgan fingerprint density at radius 3 is 2.57 bits per heavy atom. The highest BCUT2D eigenvalue weighted by Crippen LogP contribution is 2.24. The fraction of sp³-hybridized carbons (Fsp3) is 0.400. The summed E-state index contributed by atoms with van der Waals surface area (Å²) < 4.78 is 4.15. The number of nitrogens with two attached hydrogens (primary N) is 1. The number of hydrogen-bond donors (Lipinski definition) is 2. The van der Waals surface area contributed by atoms with Gasteiger partial charge < -0.3 is 0 Å². The van der Waals surface area contributed by atoms with Crippen molar-refractivity contribution in [2.24, 2.45) is 12.9 Å². The standard InChI is InChI=1S/C15H20Br2N4/c1-3-13-15(17)14(21(2)20-13)9-11(19-18)8-10-6-4-5-7-12(10)16/h4-7,11,19H,3,8-9,18H2,1-2H3. The molecule has 0 bridgehead atoms. The smallest absolute Gasteiger partial charge is 0.0766 e. The van der Waals surface area contributed by atoms with Crippen molar-refractivity contribution in [3.63, 3.8) is 0 Å². The average molecular weight is 416 g/mol. The Labute approximate surface area is 142 Å². The number of aryl methyl sites for hydroxylation is 2. The molecule has 1 heterocycles.